The molecule has 0 unspecified atom stereocenters. The van der Waals surface area contributed by atoms with Crippen LogP contribution in [-0.4, -0.2) is 64.0 Å². The van der Waals surface area contributed by atoms with Crippen molar-refractivity contribution >= 4 is 34.0 Å². The van der Waals surface area contributed by atoms with Gasteiger partial charge in [0.15, 0.2) is 0 Å². The number of aromatic nitrogens is 4. The molecule has 1 saturated heterocycles. The zero-order valence-electron chi connectivity index (χ0n) is 18.3. The Labute approximate surface area is 191 Å². The van der Waals surface area contributed by atoms with Gasteiger partial charge in [0, 0.05) is 73.7 Å². The highest BCUT2D eigenvalue weighted by molar-refractivity contribution is 6.05. The molecule has 9 heteroatoms. The lowest BCUT2D eigenvalue weighted by Gasteiger charge is -2.33. The molecule has 1 aliphatic heterocycles. The zero-order valence-corrected chi connectivity index (χ0v) is 18.3. The van der Waals surface area contributed by atoms with Gasteiger partial charge in [-0.1, -0.05) is 0 Å². The fourth-order valence-electron chi connectivity index (χ4n) is 3.82. The van der Waals surface area contributed by atoms with Gasteiger partial charge in [0.05, 0.1) is 11.4 Å². The van der Waals surface area contributed by atoms with E-state index < -0.39 is 0 Å². The molecule has 9 nitrogen and oxygen atoms in total. The molecule has 1 aliphatic rings. The second kappa shape index (κ2) is 8.79. The summed E-state index contributed by atoms with van der Waals surface area (Å²) in [6.07, 6.45) is 8.43. The molecule has 3 N–H and O–H groups in total. The Kier molecular flexibility index (Phi) is 5.54. The molecule has 33 heavy (non-hydrogen) atoms. The molecule has 5 heterocycles. The van der Waals surface area contributed by atoms with E-state index in [1.807, 2.05) is 24.3 Å². The Balaban J connectivity index is 1.36. The number of nitrogens with two attached hydrogens (primary N) is 1. The summed E-state index contributed by atoms with van der Waals surface area (Å²) in [5, 5.41) is 4.67. The monoisotopic (exact) mass is 440 g/mol. The molecule has 1 fully saturated rings. The van der Waals surface area contributed by atoms with E-state index >= 15 is 0 Å². The quantitative estimate of drug-likeness (QED) is 0.498. The van der Waals surface area contributed by atoms with Gasteiger partial charge in [0.25, 0.3) is 5.91 Å². The number of fused-ring (bicyclic) bond motifs is 1. The molecule has 4 aromatic heterocycles. The number of piperazine rings is 1. The van der Waals surface area contributed by atoms with Gasteiger partial charge in [0.1, 0.15) is 11.6 Å². The maximum atomic E-state index is 12.9. The van der Waals surface area contributed by atoms with Crippen LogP contribution < -0.4 is 16.0 Å². The average molecular weight is 441 g/mol. The predicted molar refractivity (Wildman–Crippen MR) is 129 cm³/mol. The molecule has 5 rings (SSSR count). The molecule has 0 spiro atoms. The van der Waals surface area contributed by atoms with E-state index in [0.29, 0.717) is 17.1 Å². The molecule has 166 valence electrons. The Bertz CT molecular complexity index is 1320. The first-order valence-electron chi connectivity index (χ1n) is 10.7. The number of nitrogens with one attached hydrogen (secondary N) is 1. The van der Waals surface area contributed by atoms with Crippen molar-refractivity contribution in [2.45, 2.75) is 0 Å². The van der Waals surface area contributed by atoms with Gasteiger partial charge in [-0.2, -0.15) is 0 Å². The first-order valence-corrected chi connectivity index (χ1v) is 10.7. The van der Waals surface area contributed by atoms with Crippen molar-refractivity contribution in [1.82, 2.24) is 24.8 Å². The van der Waals surface area contributed by atoms with E-state index in [0.717, 1.165) is 54.0 Å². The Morgan fingerprint density at radius 3 is 2.58 bits per heavy atom. The van der Waals surface area contributed by atoms with Crippen molar-refractivity contribution < 1.29 is 4.79 Å². The van der Waals surface area contributed by atoms with Crippen molar-refractivity contribution in [1.29, 1.82) is 0 Å². The second-order valence-corrected chi connectivity index (χ2v) is 8.14. The molecular weight excluding hydrogens is 416 g/mol. The van der Waals surface area contributed by atoms with Crippen molar-refractivity contribution in [3.63, 3.8) is 0 Å². The first kappa shape index (κ1) is 20.8. The maximum absolute atomic E-state index is 12.9. The highest BCUT2D eigenvalue weighted by Crippen LogP contribution is 2.24. The number of hydrogen-bond donors (Lipinski definition) is 2. The fraction of sp³-hybridized carbons (Fsp3) is 0.208. The molecule has 0 radical (unpaired) electrons. The van der Waals surface area contributed by atoms with E-state index in [9.17, 15) is 4.79 Å². The normalized spacial score (nSPS) is 14.4. The minimum Gasteiger partial charge on any atom is -0.397 e. The summed E-state index contributed by atoms with van der Waals surface area (Å²) >= 11 is 0. The zero-order chi connectivity index (χ0) is 22.8. The number of carbonyl (C=O) groups excluding carboxylic acids is 1. The molecule has 0 bridgehead atoms. The smallest absolute Gasteiger partial charge is 0.257 e. The van der Waals surface area contributed by atoms with Crippen LogP contribution >= 0.6 is 0 Å². The standard InChI is InChI=1S/C24H24N8O/c1-31-4-6-32(7-5-31)23-11-16(2-3-27-23)24(33)30-22-10-17-9-21(28-13-19(17)14-29-22)18-8-20(25)15-26-12-18/h2-3,8-15H,4-7,25H2,1H3,(H,29,30,33). The van der Waals surface area contributed by atoms with Crippen LogP contribution in [0.15, 0.2) is 61.3 Å². The topological polar surface area (TPSA) is 113 Å². The Morgan fingerprint density at radius 1 is 0.939 bits per heavy atom. The van der Waals surface area contributed by atoms with Crippen molar-refractivity contribution in [2.75, 3.05) is 49.2 Å². The highest BCUT2D eigenvalue weighted by Gasteiger charge is 2.17. The number of likely N-dealkylation sites (N-methyl/N-ethyl adjacent to an activating group) is 1. The third kappa shape index (κ3) is 4.58. The summed E-state index contributed by atoms with van der Waals surface area (Å²) in [7, 11) is 2.11. The van der Waals surface area contributed by atoms with Gasteiger partial charge in [0.2, 0.25) is 0 Å². The van der Waals surface area contributed by atoms with Crippen LogP contribution in [0, 0.1) is 0 Å². The largest absolute Gasteiger partial charge is 0.397 e. The molecule has 4 aromatic rings. The summed E-state index contributed by atoms with van der Waals surface area (Å²) < 4.78 is 0. The number of hydrogen-bond acceptors (Lipinski definition) is 8. The van der Waals surface area contributed by atoms with Crippen LogP contribution in [0.3, 0.4) is 0 Å². The second-order valence-electron chi connectivity index (χ2n) is 8.14. The maximum Gasteiger partial charge on any atom is 0.257 e. The summed E-state index contributed by atoms with van der Waals surface area (Å²) in [5.74, 6) is 1.05. The molecule has 0 aromatic carbocycles. The summed E-state index contributed by atoms with van der Waals surface area (Å²) in [5.41, 5.74) is 8.54. The number of rotatable bonds is 4. The van der Waals surface area contributed by atoms with Gasteiger partial charge in [-0.05, 0) is 42.8 Å². The lowest BCUT2D eigenvalue weighted by molar-refractivity contribution is 0.102. The van der Waals surface area contributed by atoms with Crippen LogP contribution in [0.5, 0.6) is 0 Å². The molecule has 0 saturated carbocycles. The van der Waals surface area contributed by atoms with Gasteiger partial charge < -0.3 is 20.9 Å². The number of pyridine rings is 4. The summed E-state index contributed by atoms with van der Waals surface area (Å²) in [6, 6.07) is 9.13. The Hall–Kier alpha value is -4.11. The number of nitrogens with zero attached hydrogens (tertiary/aromatic N) is 6. The Morgan fingerprint density at radius 2 is 1.76 bits per heavy atom. The molecule has 1 amide bonds. The van der Waals surface area contributed by atoms with E-state index in [1.165, 1.54) is 0 Å². The van der Waals surface area contributed by atoms with Crippen LogP contribution in [0.2, 0.25) is 0 Å². The van der Waals surface area contributed by atoms with Gasteiger partial charge >= 0.3 is 0 Å². The van der Waals surface area contributed by atoms with Crippen LogP contribution in [-0.2, 0) is 0 Å². The SMILES string of the molecule is CN1CCN(c2cc(C(=O)Nc3cc4cc(-c5cncc(N)c5)ncc4cn3)ccn2)CC1. The number of nitrogen functional groups attached to an aromatic ring is 1. The molecule has 0 aliphatic carbocycles. The fourth-order valence-corrected chi connectivity index (χ4v) is 3.82. The third-order valence-corrected chi connectivity index (χ3v) is 5.73. The average Bonchev–Trinajstić information content (AvgIpc) is 2.84. The van der Waals surface area contributed by atoms with Crippen LogP contribution in [0.4, 0.5) is 17.3 Å². The van der Waals surface area contributed by atoms with E-state index in [4.69, 9.17) is 5.73 Å². The number of amides is 1. The summed E-state index contributed by atoms with van der Waals surface area (Å²) in [4.78, 5) is 34.8. The predicted octanol–water partition coefficient (Wildman–Crippen LogP) is 2.67. The van der Waals surface area contributed by atoms with Crippen molar-refractivity contribution in [3.05, 3.63) is 66.9 Å². The number of anilines is 3. The van der Waals surface area contributed by atoms with Gasteiger partial charge in [-0.15, -0.1) is 0 Å². The lowest BCUT2D eigenvalue weighted by Crippen LogP contribution is -2.44. The first-order chi connectivity index (χ1) is 16.0. The van der Waals surface area contributed by atoms with E-state index in [-0.39, 0.29) is 5.91 Å². The van der Waals surface area contributed by atoms with Crippen LogP contribution in [0.25, 0.3) is 22.0 Å². The third-order valence-electron chi connectivity index (χ3n) is 5.73. The van der Waals surface area contributed by atoms with E-state index in [1.54, 1.807) is 37.1 Å². The highest BCUT2D eigenvalue weighted by atomic mass is 16.1. The van der Waals surface area contributed by atoms with Gasteiger partial charge in [-0.25, -0.2) is 9.97 Å². The van der Waals surface area contributed by atoms with Crippen LogP contribution in [0.1, 0.15) is 10.4 Å². The lowest BCUT2D eigenvalue weighted by atomic mass is 10.1. The van der Waals surface area contributed by atoms with Crippen molar-refractivity contribution in [2.24, 2.45) is 0 Å². The molecule has 0 atom stereocenters. The van der Waals surface area contributed by atoms with Crippen molar-refractivity contribution in [3.8, 4) is 11.3 Å². The van der Waals surface area contributed by atoms with Gasteiger partial charge in [-0.3, -0.25) is 14.8 Å². The number of carbonyl (C=O) groups is 1. The minimum atomic E-state index is -0.228. The van der Waals surface area contributed by atoms with E-state index in [2.05, 4.69) is 42.1 Å². The molecular formula is C24H24N8O. The minimum absolute atomic E-state index is 0.228. The summed E-state index contributed by atoms with van der Waals surface area (Å²) in [6.45, 7) is 3.72.